The summed E-state index contributed by atoms with van der Waals surface area (Å²) >= 11 is 2.87. The van der Waals surface area contributed by atoms with Crippen LogP contribution < -0.4 is 0 Å². The monoisotopic (exact) mass is 259 g/mol. The van der Waals surface area contributed by atoms with Crippen LogP contribution in [0.1, 0.15) is 39.0 Å². The van der Waals surface area contributed by atoms with E-state index < -0.39 is 5.97 Å². The van der Waals surface area contributed by atoms with Gasteiger partial charge in [-0.15, -0.1) is 11.3 Å². The second-order valence-corrected chi connectivity index (χ2v) is 5.94. The molecule has 1 aromatic heterocycles. The van der Waals surface area contributed by atoms with Crippen molar-refractivity contribution in [2.45, 2.75) is 48.6 Å². The number of carbonyl (C=O) groups is 1. The van der Waals surface area contributed by atoms with Gasteiger partial charge in [0.25, 0.3) is 0 Å². The third kappa shape index (κ3) is 4.99. The van der Waals surface area contributed by atoms with Gasteiger partial charge in [0.05, 0.1) is 0 Å². The van der Waals surface area contributed by atoms with Gasteiger partial charge in [0.15, 0.2) is 4.34 Å². The molecular formula is C11H17NO2S2. The smallest absolute Gasteiger partial charge is 0.317 e. The molecule has 90 valence electrons. The molecule has 1 heterocycles. The van der Waals surface area contributed by atoms with Crippen molar-refractivity contribution in [3.63, 3.8) is 0 Å². The van der Waals surface area contributed by atoms with E-state index in [1.54, 1.807) is 6.20 Å². The minimum Gasteiger partial charge on any atom is -0.480 e. The number of thioether (sulfide) groups is 1. The van der Waals surface area contributed by atoms with E-state index in [-0.39, 0.29) is 5.25 Å². The molecule has 1 rings (SSSR count). The molecular weight excluding hydrogens is 242 g/mol. The van der Waals surface area contributed by atoms with Gasteiger partial charge in [-0.3, -0.25) is 4.79 Å². The third-order valence-corrected chi connectivity index (χ3v) is 4.42. The molecule has 0 bridgehead atoms. The van der Waals surface area contributed by atoms with E-state index in [0.717, 1.165) is 23.6 Å². The number of rotatable bonds is 8. The first-order valence-electron chi connectivity index (χ1n) is 5.53. The normalized spacial score (nSPS) is 12.6. The van der Waals surface area contributed by atoms with Crippen molar-refractivity contribution >= 4 is 29.1 Å². The van der Waals surface area contributed by atoms with Crippen LogP contribution in [0.4, 0.5) is 0 Å². The van der Waals surface area contributed by atoms with Gasteiger partial charge in [0.2, 0.25) is 0 Å². The molecule has 1 N–H and O–H groups in total. The highest BCUT2D eigenvalue weighted by atomic mass is 32.2. The number of aromatic nitrogens is 1. The van der Waals surface area contributed by atoms with E-state index in [0.29, 0.717) is 0 Å². The molecule has 1 atom stereocenters. The first-order valence-corrected chi connectivity index (χ1v) is 7.29. The Bertz CT molecular complexity index is 301. The van der Waals surface area contributed by atoms with Gasteiger partial charge in [0.1, 0.15) is 5.25 Å². The Morgan fingerprint density at radius 3 is 2.94 bits per heavy atom. The fourth-order valence-electron chi connectivity index (χ4n) is 1.38. The second kappa shape index (κ2) is 7.68. The quantitative estimate of drug-likeness (QED) is 0.572. The van der Waals surface area contributed by atoms with Crippen molar-refractivity contribution < 1.29 is 9.90 Å². The van der Waals surface area contributed by atoms with Crippen LogP contribution in [0.2, 0.25) is 0 Å². The fraction of sp³-hybridized carbons (Fsp3) is 0.636. The Balaban J connectivity index is 2.33. The molecule has 16 heavy (non-hydrogen) atoms. The lowest BCUT2D eigenvalue weighted by atomic mass is 10.1. The van der Waals surface area contributed by atoms with E-state index in [1.807, 2.05) is 5.38 Å². The maximum absolute atomic E-state index is 11.0. The lowest BCUT2D eigenvalue weighted by molar-refractivity contribution is -0.136. The third-order valence-electron chi connectivity index (χ3n) is 2.25. The van der Waals surface area contributed by atoms with E-state index >= 15 is 0 Å². The van der Waals surface area contributed by atoms with Crippen molar-refractivity contribution in [3.05, 3.63) is 11.6 Å². The molecule has 3 nitrogen and oxygen atoms in total. The Kier molecular flexibility index (Phi) is 6.49. The molecule has 0 aliphatic rings. The number of nitrogens with zero attached hydrogens (tertiary/aromatic N) is 1. The molecule has 0 saturated heterocycles. The molecule has 1 aromatic rings. The number of carboxylic acid groups (broad SMARTS) is 1. The number of carboxylic acids is 1. The summed E-state index contributed by atoms with van der Waals surface area (Å²) in [6.45, 7) is 2.15. The maximum atomic E-state index is 11.0. The second-order valence-electron chi connectivity index (χ2n) is 3.59. The van der Waals surface area contributed by atoms with Crippen LogP contribution in [0.25, 0.3) is 0 Å². The summed E-state index contributed by atoms with van der Waals surface area (Å²) in [5, 5.41) is 10.6. The summed E-state index contributed by atoms with van der Waals surface area (Å²) in [4.78, 5) is 15.1. The molecule has 5 heteroatoms. The Morgan fingerprint density at radius 2 is 2.38 bits per heavy atom. The van der Waals surface area contributed by atoms with Crippen LogP contribution in [0.15, 0.2) is 15.9 Å². The van der Waals surface area contributed by atoms with Crippen molar-refractivity contribution in [2.75, 3.05) is 0 Å². The summed E-state index contributed by atoms with van der Waals surface area (Å²) in [6, 6.07) is 0. The van der Waals surface area contributed by atoms with E-state index in [9.17, 15) is 4.79 Å². The van der Waals surface area contributed by atoms with Gasteiger partial charge in [0, 0.05) is 11.6 Å². The zero-order valence-corrected chi connectivity index (χ0v) is 11.0. The van der Waals surface area contributed by atoms with Crippen molar-refractivity contribution in [3.8, 4) is 0 Å². The number of hydrogen-bond donors (Lipinski definition) is 1. The fourth-order valence-corrected chi connectivity index (χ4v) is 3.23. The van der Waals surface area contributed by atoms with Gasteiger partial charge in [-0.05, 0) is 6.42 Å². The topological polar surface area (TPSA) is 50.2 Å². The van der Waals surface area contributed by atoms with Gasteiger partial charge in [-0.1, -0.05) is 44.4 Å². The highest BCUT2D eigenvalue weighted by Gasteiger charge is 2.19. The number of unbranched alkanes of at least 4 members (excludes halogenated alkanes) is 3. The van der Waals surface area contributed by atoms with E-state index in [1.165, 1.54) is 35.9 Å². The van der Waals surface area contributed by atoms with Gasteiger partial charge in [-0.25, -0.2) is 4.98 Å². The molecule has 1 unspecified atom stereocenters. The molecule has 0 saturated carbocycles. The standard InChI is InChI=1S/C11H17NO2S2/c1-2-3-4-5-6-9(10(13)14)16-11-12-7-8-15-11/h7-9H,2-6H2,1H3,(H,13,14). The largest absolute Gasteiger partial charge is 0.480 e. The van der Waals surface area contributed by atoms with Crippen LogP contribution in [0.3, 0.4) is 0 Å². The minimum atomic E-state index is -0.725. The summed E-state index contributed by atoms with van der Waals surface area (Å²) in [7, 11) is 0. The highest BCUT2D eigenvalue weighted by Crippen LogP contribution is 2.28. The Labute approximate surface area is 104 Å². The SMILES string of the molecule is CCCCCCC(Sc1nccs1)C(=O)O. The lowest BCUT2D eigenvalue weighted by Gasteiger charge is -2.09. The number of aliphatic carboxylic acids is 1. The van der Waals surface area contributed by atoms with E-state index in [4.69, 9.17) is 5.11 Å². The summed E-state index contributed by atoms with van der Waals surface area (Å²) in [5.41, 5.74) is 0. The molecule has 0 amide bonds. The van der Waals surface area contributed by atoms with Gasteiger partial charge >= 0.3 is 5.97 Å². The van der Waals surface area contributed by atoms with Gasteiger partial charge in [-0.2, -0.15) is 0 Å². The molecule has 0 spiro atoms. The molecule has 0 aliphatic carbocycles. The molecule has 0 aromatic carbocycles. The maximum Gasteiger partial charge on any atom is 0.317 e. The van der Waals surface area contributed by atoms with Crippen LogP contribution in [0.5, 0.6) is 0 Å². The van der Waals surface area contributed by atoms with Crippen molar-refractivity contribution in [1.29, 1.82) is 0 Å². The summed E-state index contributed by atoms with van der Waals surface area (Å²) in [5.74, 6) is -0.725. The van der Waals surface area contributed by atoms with Crippen molar-refractivity contribution in [1.82, 2.24) is 4.98 Å². The Morgan fingerprint density at radius 1 is 1.56 bits per heavy atom. The average Bonchev–Trinajstić information content (AvgIpc) is 2.75. The zero-order valence-electron chi connectivity index (χ0n) is 9.39. The van der Waals surface area contributed by atoms with Crippen molar-refractivity contribution in [2.24, 2.45) is 0 Å². The minimum absolute atomic E-state index is 0.344. The summed E-state index contributed by atoms with van der Waals surface area (Å²) in [6.07, 6.45) is 6.93. The predicted molar refractivity (Wildman–Crippen MR) is 68.2 cm³/mol. The lowest BCUT2D eigenvalue weighted by Crippen LogP contribution is -2.15. The molecule has 0 aliphatic heterocycles. The van der Waals surface area contributed by atoms with Crippen LogP contribution in [-0.4, -0.2) is 21.3 Å². The van der Waals surface area contributed by atoms with Crippen LogP contribution >= 0.6 is 23.1 Å². The van der Waals surface area contributed by atoms with E-state index in [2.05, 4.69) is 11.9 Å². The van der Waals surface area contributed by atoms with Crippen LogP contribution in [-0.2, 0) is 4.79 Å². The summed E-state index contributed by atoms with van der Waals surface area (Å²) < 4.78 is 0.850. The molecule has 0 fully saturated rings. The molecule has 0 radical (unpaired) electrons. The highest BCUT2D eigenvalue weighted by molar-refractivity contribution is 8.02. The Hall–Kier alpha value is -0.550. The number of thiazole rings is 1. The van der Waals surface area contributed by atoms with Gasteiger partial charge < -0.3 is 5.11 Å². The first kappa shape index (κ1) is 13.5. The first-order chi connectivity index (χ1) is 7.74. The average molecular weight is 259 g/mol. The predicted octanol–water partition coefficient (Wildman–Crippen LogP) is 3.66. The zero-order chi connectivity index (χ0) is 11.8. The number of hydrogen-bond acceptors (Lipinski definition) is 4. The van der Waals surface area contributed by atoms with Crippen LogP contribution in [0, 0.1) is 0 Å².